The Bertz CT molecular complexity index is 1710. The van der Waals surface area contributed by atoms with Gasteiger partial charge in [0, 0.05) is 37.6 Å². The number of hydrogen-bond acceptors (Lipinski definition) is 4. The first kappa shape index (κ1) is 32.1. The molecule has 6 heteroatoms. The van der Waals surface area contributed by atoms with E-state index in [1.54, 1.807) is 17.4 Å². The van der Waals surface area contributed by atoms with Crippen molar-refractivity contribution in [1.82, 2.24) is 25.5 Å². The Morgan fingerprint density at radius 2 is 1.81 bits per heavy atom. The molecular weight excluding hydrogens is 534 g/mol. The summed E-state index contributed by atoms with van der Waals surface area (Å²) in [5, 5.41) is 12.6. The van der Waals surface area contributed by atoms with Crippen LogP contribution in [0.2, 0.25) is 0 Å². The summed E-state index contributed by atoms with van der Waals surface area (Å²) < 4.78 is 0. The van der Waals surface area contributed by atoms with Crippen molar-refractivity contribution in [2.24, 2.45) is 0 Å². The summed E-state index contributed by atoms with van der Waals surface area (Å²) in [6, 6.07) is 4.20. The maximum atomic E-state index is 5.02. The van der Waals surface area contributed by atoms with Crippen LogP contribution in [0.15, 0.2) is 97.4 Å². The molecule has 3 N–H and O–H groups in total. The van der Waals surface area contributed by atoms with E-state index in [-0.39, 0.29) is 0 Å². The highest BCUT2D eigenvalue weighted by Crippen LogP contribution is 2.33. The average Bonchev–Trinajstić information content (AvgIpc) is 3.70. The van der Waals surface area contributed by atoms with Crippen molar-refractivity contribution >= 4 is 35.1 Å². The molecular formula is C36H43N5S. The van der Waals surface area contributed by atoms with E-state index in [9.17, 15) is 0 Å². The molecule has 0 radical (unpaired) electrons. The number of allylic oxidation sites excluding steroid dienone is 10. The molecule has 3 aromatic rings. The van der Waals surface area contributed by atoms with Gasteiger partial charge >= 0.3 is 0 Å². The largest absolute Gasteiger partial charge is 0.359 e. The van der Waals surface area contributed by atoms with Crippen molar-refractivity contribution in [3.05, 3.63) is 129 Å². The first-order valence-electron chi connectivity index (χ1n) is 14.2. The second kappa shape index (κ2) is 15.0. The number of rotatable bonds is 14. The third kappa shape index (κ3) is 7.65. The van der Waals surface area contributed by atoms with Gasteiger partial charge in [0.05, 0.1) is 11.0 Å². The van der Waals surface area contributed by atoms with E-state index < -0.39 is 0 Å². The molecule has 0 saturated carbocycles. The summed E-state index contributed by atoms with van der Waals surface area (Å²) in [6.07, 6.45) is 17.1. The first-order chi connectivity index (χ1) is 20.2. The van der Waals surface area contributed by atoms with Gasteiger partial charge < -0.3 is 10.3 Å². The van der Waals surface area contributed by atoms with Gasteiger partial charge in [-0.15, -0.1) is 11.3 Å². The Kier molecular flexibility index (Phi) is 11.5. The van der Waals surface area contributed by atoms with Crippen LogP contribution < -0.4 is 15.9 Å². The number of nitrogens with zero attached hydrogens (tertiary/aromatic N) is 2. The predicted molar refractivity (Wildman–Crippen MR) is 184 cm³/mol. The zero-order chi connectivity index (χ0) is 30.8. The predicted octanol–water partition coefficient (Wildman–Crippen LogP) is 8.27. The number of unbranched alkanes of at least 4 members (excludes halogenated alkanes) is 1. The molecule has 0 aromatic carbocycles. The summed E-state index contributed by atoms with van der Waals surface area (Å²) >= 11 is 1.69. The fourth-order valence-electron chi connectivity index (χ4n) is 4.46. The maximum Gasteiger partial charge on any atom is 0.159 e. The molecule has 3 aromatic heterocycles. The number of aromatic amines is 2. The number of nitrogens with one attached hydrogen (secondary N) is 3. The lowest BCUT2D eigenvalue weighted by Gasteiger charge is -2.12. The van der Waals surface area contributed by atoms with Crippen LogP contribution in [0.3, 0.4) is 0 Å². The highest BCUT2D eigenvalue weighted by Gasteiger charge is 2.18. The third-order valence-electron chi connectivity index (χ3n) is 6.76. The average molecular weight is 578 g/mol. The minimum absolute atomic E-state index is 0.667. The highest BCUT2D eigenvalue weighted by molar-refractivity contribution is 7.14. The second-order valence-electron chi connectivity index (χ2n) is 10.1. The van der Waals surface area contributed by atoms with E-state index in [0.29, 0.717) is 16.9 Å². The van der Waals surface area contributed by atoms with Gasteiger partial charge in [-0.1, -0.05) is 70.5 Å². The number of hydrogen-bond donors (Lipinski definition) is 3. The first-order valence-corrected chi connectivity index (χ1v) is 15.0. The van der Waals surface area contributed by atoms with Gasteiger partial charge in [0.1, 0.15) is 5.69 Å². The van der Waals surface area contributed by atoms with Gasteiger partial charge in [-0.25, -0.2) is 4.98 Å². The van der Waals surface area contributed by atoms with Crippen molar-refractivity contribution in [2.75, 3.05) is 0 Å². The summed E-state index contributed by atoms with van der Waals surface area (Å²) in [4.78, 5) is 10.7. The van der Waals surface area contributed by atoms with Gasteiger partial charge in [0.25, 0.3) is 0 Å². The van der Waals surface area contributed by atoms with Crippen LogP contribution >= 0.6 is 11.3 Å². The minimum Gasteiger partial charge on any atom is -0.359 e. The lowest BCUT2D eigenvalue weighted by Crippen LogP contribution is -2.22. The molecule has 0 amide bonds. The molecule has 5 nitrogen and oxygen atoms in total. The van der Waals surface area contributed by atoms with Gasteiger partial charge in [-0.3, -0.25) is 5.10 Å². The standard InChI is InChI=1S/C36H43N5S/c1-11-16-18-24(8)37-29(15-5)21-27(13-3)28(14-4)22-31-25(9)40-41-35(31)36-38-26(10)34(39-36)30(17-12-2)33-20-19-32(42-33)23(6)7/h12-15,17,19-22,37,40H,2,5-6,8-9,11,16,18H2,1,3-4,7,10H3,(H,38,39)/b27-13+,28-14+,29-21+,30-17-,31-22+. The van der Waals surface area contributed by atoms with E-state index in [0.717, 1.165) is 79.3 Å². The zero-order valence-electron chi connectivity index (χ0n) is 25.7. The SMILES string of the molecule is C=C/C=C(/c1ccc(C(=C)C)s1)c1nc(-c2n[nH]c(=C)\c2=C/C(=C\C)C(/C=C(\C=C)NC(=C)CCCC)=C/C)[nH]c1C. The molecule has 0 atom stereocenters. The highest BCUT2D eigenvalue weighted by atomic mass is 32.1. The van der Waals surface area contributed by atoms with Crippen LogP contribution in [-0.2, 0) is 0 Å². The molecule has 0 fully saturated rings. The Morgan fingerprint density at radius 1 is 1.10 bits per heavy atom. The molecule has 0 unspecified atom stereocenters. The summed E-state index contributed by atoms with van der Waals surface area (Å²) in [5.74, 6) is 0.667. The molecule has 0 saturated heterocycles. The van der Waals surface area contributed by atoms with Crippen LogP contribution in [0.5, 0.6) is 0 Å². The number of aromatic nitrogens is 4. The zero-order valence-corrected chi connectivity index (χ0v) is 26.5. The van der Waals surface area contributed by atoms with Crippen molar-refractivity contribution in [3.63, 3.8) is 0 Å². The number of aryl methyl sites for hydroxylation is 1. The summed E-state index contributed by atoms with van der Waals surface area (Å²) in [5.41, 5.74) is 8.47. The Labute approximate surface area is 254 Å². The van der Waals surface area contributed by atoms with E-state index in [1.165, 1.54) is 0 Å². The number of imidazole rings is 1. The van der Waals surface area contributed by atoms with Crippen LogP contribution in [0.1, 0.15) is 68.1 Å². The normalized spacial score (nSPS) is 13.4. The van der Waals surface area contributed by atoms with Crippen LogP contribution in [0, 0.1) is 6.92 Å². The smallest absolute Gasteiger partial charge is 0.159 e. The number of H-pyrrole nitrogens is 2. The quantitative estimate of drug-likeness (QED) is 0.169. The Hall–Kier alpha value is -4.42. The van der Waals surface area contributed by atoms with Crippen molar-refractivity contribution in [2.45, 2.75) is 53.9 Å². The second-order valence-corrected chi connectivity index (χ2v) is 11.1. The van der Waals surface area contributed by atoms with Crippen LogP contribution in [0.4, 0.5) is 0 Å². The van der Waals surface area contributed by atoms with E-state index in [1.807, 2.05) is 39.8 Å². The topological polar surface area (TPSA) is 69.4 Å². The minimum atomic E-state index is 0.667. The molecule has 0 aliphatic carbocycles. The monoisotopic (exact) mass is 577 g/mol. The molecule has 218 valence electrons. The van der Waals surface area contributed by atoms with Gasteiger partial charge in [-0.2, -0.15) is 5.10 Å². The molecule has 0 bridgehead atoms. The fraction of sp³-hybridized carbons (Fsp3) is 0.222. The molecule has 0 aliphatic heterocycles. The summed E-state index contributed by atoms with van der Waals surface area (Å²) in [6.45, 7) is 30.7. The van der Waals surface area contributed by atoms with E-state index in [2.05, 4.69) is 96.8 Å². The molecule has 3 rings (SSSR count). The number of thiophene rings is 1. The summed E-state index contributed by atoms with van der Waals surface area (Å²) in [7, 11) is 0. The van der Waals surface area contributed by atoms with Crippen LogP contribution in [0.25, 0.3) is 35.3 Å². The Balaban J connectivity index is 2.05. The van der Waals surface area contributed by atoms with Crippen molar-refractivity contribution < 1.29 is 0 Å². The van der Waals surface area contributed by atoms with Crippen LogP contribution in [-0.4, -0.2) is 20.2 Å². The van der Waals surface area contributed by atoms with Gasteiger partial charge in [-0.05, 0) is 87.6 Å². The molecule has 0 spiro atoms. The molecule has 42 heavy (non-hydrogen) atoms. The van der Waals surface area contributed by atoms with E-state index >= 15 is 0 Å². The third-order valence-corrected chi connectivity index (χ3v) is 8.04. The van der Waals surface area contributed by atoms with Crippen molar-refractivity contribution in [3.8, 4) is 11.5 Å². The van der Waals surface area contributed by atoms with E-state index in [4.69, 9.17) is 4.98 Å². The van der Waals surface area contributed by atoms with Gasteiger partial charge in [0.15, 0.2) is 5.82 Å². The maximum absolute atomic E-state index is 5.02. The lowest BCUT2D eigenvalue weighted by atomic mass is 10.0. The molecule has 3 heterocycles. The fourth-order valence-corrected chi connectivity index (χ4v) is 5.42. The van der Waals surface area contributed by atoms with Crippen molar-refractivity contribution in [1.29, 1.82) is 0 Å². The lowest BCUT2D eigenvalue weighted by molar-refractivity contribution is 0.751. The Morgan fingerprint density at radius 3 is 2.40 bits per heavy atom. The molecule has 0 aliphatic rings. The van der Waals surface area contributed by atoms with Gasteiger partial charge in [0.2, 0.25) is 0 Å².